The summed E-state index contributed by atoms with van der Waals surface area (Å²) < 4.78 is 0. The molecule has 1 aromatic heterocycles. The molecule has 0 spiro atoms. The molecule has 0 atom stereocenters. The van der Waals surface area contributed by atoms with Gasteiger partial charge in [0.2, 0.25) is 5.91 Å². The third-order valence-electron chi connectivity index (χ3n) is 5.56. The van der Waals surface area contributed by atoms with Gasteiger partial charge in [0.1, 0.15) is 12.1 Å². The molecule has 3 aromatic rings. The SMILES string of the molecule is CC(=O)N(Cc1cccc(-c2ccc3ncnc(NC4CC4)c3c2)c1)C1CC1. The summed E-state index contributed by atoms with van der Waals surface area (Å²) in [7, 11) is 0. The molecule has 0 bridgehead atoms. The van der Waals surface area contributed by atoms with Crippen LogP contribution in [0.4, 0.5) is 5.82 Å². The number of amides is 1. The highest BCUT2D eigenvalue weighted by atomic mass is 16.2. The maximum absolute atomic E-state index is 12.0. The summed E-state index contributed by atoms with van der Waals surface area (Å²) >= 11 is 0. The van der Waals surface area contributed by atoms with Gasteiger partial charge in [-0.3, -0.25) is 4.79 Å². The Labute approximate surface area is 164 Å². The number of benzene rings is 2. The van der Waals surface area contributed by atoms with Gasteiger partial charge in [0.05, 0.1) is 5.52 Å². The van der Waals surface area contributed by atoms with Crippen molar-refractivity contribution in [2.24, 2.45) is 0 Å². The van der Waals surface area contributed by atoms with Gasteiger partial charge in [-0.25, -0.2) is 9.97 Å². The van der Waals surface area contributed by atoms with Gasteiger partial charge in [0.15, 0.2) is 0 Å². The van der Waals surface area contributed by atoms with Crippen molar-refractivity contribution < 1.29 is 4.79 Å². The van der Waals surface area contributed by atoms with E-state index in [1.54, 1.807) is 13.3 Å². The lowest BCUT2D eigenvalue weighted by atomic mass is 10.0. The second kappa shape index (κ2) is 6.89. The number of carbonyl (C=O) groups is 1. The first-order valence-corrected chi connectivity index (χ1v) is 10.1. The van der Waals surface area contributed by atoms with Crippen LogP contribution < -0.4 is 5.32 Å². The van der Waals surface area contributed by atoms with Gasteiger partial charge in [-0.1, -0.05) is 24.3 Å². The molecule has 1 heterocycles. The number of aromatic nitrogens is 2. The molecule has 0 aliphatic heterocycles. The van der Waals surface area contributed by atoms with Gasteiger partial charge in [-0.05, 0) is 60.6 Å². The fraction of sp³-hybridized carbons (Fsp3) is 0.348. The van der Waals surface area contributed by atoms with Gasteiger partial charge in [-0.15, -0.1) is 0 Å². The zero-order valence-corrected chi connectivity index (χ0v) is 16.1. The van der Waals surface area contributed by atoms with Crippen LogP contribution in [0.3, 0.4) is 0 Å². The van der Waals surface area contributed by atoms with E-state index in [1.807, 2.05) is 4.90 Å². The lowest BCUT2D eigenvalue weighted by Gasteiger charge is -2.21. The van der Waals surface area contributed by atoms with Crippen molar-refractivity contribution in [3.63, 3.8) is 0 Å². The summed E-state index contributed by atoms with van der Waals surface area (Å²) in [4.78, 5) is 22.8. The molecule has 2 aromatic carbocycles. The summed E-state index contributed by atoms with van der Waals surface area (Å²) in [5, 5.41) is 4.57. The first-order valence-electron chi connectivity index (χ1n) is 10.1. The van der Waals surface area contributed by atoms with Crippen LogP contribution >= 0.6 is 0 Å². The summed E-state index contributed by atoms with van der Waals surface area (Å²) in [6.07, 6.45) is 6.30. The lowest BCUT2D eigenvalue weighted by molar-refractivity contribution is -0.130. The molecule has 1 N–H and O–H groups in total. The second-order valence-corrected chi connectivity index (χ2v) is 7.95. The Morgan fingerprint density at radius 3 is 2.64 bits per heavy atom. The predicted octanol–water partition coefficient (Wildman–Crippen LogP) is 4.38. The van der Waals surface area contributed by atoms with Crippen molar-refractivity contribution >= 4 is 22.6 Å². The van der Waals surface area contributed by atoms with Crippen molar-refractivity contribution in [2.75, 3.05) is 5.32 Å². The third-order valence-corrected chi connectivity index (χ3v) is 5.56. The molecule has 5 rings (SSSR count). The number of nitrogens with one attached hydrogen (secondary N) is 1. The quantitative estimate of drug-likeness (QED) is 0.697. The predicted molar refractivity (Wildman–Crippen MR) is 111 cm³/mol. The zero-order chi connectivity index (χ0) is 19.1. The van der Waals surface area contributed by atoms with Gasteiger partial charge >= 0.3 is 0 Å². The smallest absolute Gasteiger partial charge is 0.219 e. The summed E-state index contributed by atoms with van der Waals surface area (Å²) in [5.74, 6) is 1.08. The number of nitrogens with zero attached hydrogens (tertiary/aromatic N) is 3. The Morgan fingerprint density at radius 2 is 1.89 bits per heavy atom. The Balaban J connectivity index is 1.46. The highest BCUT2D eigenvalue weighted by Gasteiger charge is 2.30. The molecule has 1 amide bonds. The maximum atomic E-state index is 12.0. The first kappa shape index (κ1) is 17.2. The summed E-state index contributed by atoms with van der Waals surface area (Å²) in [6.45, 7) is 2.35. The average molecular weight is 372 g/mol. The summed E-state index contributed by atoms with van der Waals surface area (Å²) in [5.41, 5.74) is 4.42. The molecule has 142 valence electrons. The van der Waals surface area contributed by atoms with Crippen molar-refractivity contribution in [3.05, 3.63) is 54.4 Å². The normalized spacial score (nSPS) is 16.2. The van der Waals surface area contributed by atoms with Crippen LogP contribution in [-0.2, 0) is 11.3 Å². The number of rotatable bonds is 6. The van der Waals surface area contributed by atoms with Crippen molar-refractivity contribution in [1.29, 1.82) is 0 Å². The first-order chi connectivity index (χ1) is 13.7. The Hall–Kier alpha value is -2.95. The van der Waals surface area contributed by atoms with Gasteiger partial charge in [0, 0.05) is 30.9 Å². The summed E-state index contributed by atoms with van der Waals surface area (Å²) in [6, 6.07) is 15.8. The van der Waals surface area contributed by atoms with Gasteiger partial charge < -0.3 is 10.2 Å². The number of hydrogen-bond donors (Lipinski definition) is 1. The zero-order valence-electron chi connectivity index (χ0n) is 16.1. The standard InChI is InChI=1S/C23H24N4O/c1-15(28)27(20-8-9-20)13-16-3-2-4-17(11-16)18-5-10-22-21(12-18)23(25-14-24-22)26-19-6-7-19/h2-5,10-12,14,19-20H,6-9,13H2,1H3,(H,24,25,26). The highest BCUT2D eigenvalue weighted by molar-refractivity contribution is 5.92. The minimum Gasteiger partial charge on any atom is -0.367 e. The number of hydrogen-bond acceptors (Lipinski definition) is 4. The van der Waals surface area contributed by atoms with Gasteiger partial charge in [-0.2, -0.15) is 0 Å². The Morgan fingerprint density at radius 1 is 1.07 bits per heavy atom. The number of carbonyl (C=O) groups excluding carboxylic acids is 1. The highest BCUT2D eigenvalue weighted by Crippen LogP contribution is 2.32. The fourth-order valence-corrected chi connectivity index (χ4v) is 3.70. The van der Waals surface area contributed by atoms with Crippen LogP contribution in [0.15, 0.2) is 48.8 Å². The number of fused-ring (bicyclic) bond motifs is 1. The van der Waals surface area contributed by atoms with Crippen LogP contribution in [0.25, 0.3) is 22.0 Å². The van der Waals surface area contributed by atoms with Crippen molar-refractivity contribution in [3.8, 4) is 11.1 Å². The molecule has 0 radical (unpaired) electrons. The molecular weight excluding hydrogens is 348 g/mol. The van der Waals surface area contributed by atoms with Crippen LogP contribution in [0.5, 0.6) is 0 Å². The van der Waals surface area contributed by atoms with E-state index in [-0.39, 0.29) is 5.91 Å². The van der Waals surface area contributed by atoms with E-state index in [4.69, 9.17) is 0 Å². The minimum atomic E-state index is 0.159. The lowest BCUT2D eigenvalue weighted by Crippen LogP contribution is -2.30. The van der Waals surface area contributed by atoms with Crippen molar-refractivity contribution in [2.45, 2.75) is 51.2 Å². The van der Waals surface area contributed by atoms with Gasteiger partial charge in [0.25, 0.3) is 0 Å². The molecule has 2 saturated carbocycles. The average Bonchev–Trinajstić information content (AvgIpc) is 3.61. The Bertz CT molecular complexity index is 1040. The van der Waals surface area contributed by atoms with E-state index in [9.17, 15) is 4.79 Å². The van der Waals surface area contributed by atoms with Crippen LogP contribution in [0, 0.1) is 0 Å². The van der Waals surface area contributed by atoms with E-state index in [1.165, 1.54) is 18.4 Å². The fourth-order valence-electron chi connectivity index (χ4n) is 3.70. The third kappa shape index (κ3) is 3.57. The molecular formula is C23H24N4O. The molecule has 5 heteroatoms. The molecule has 2 aliphatic rings. The van der Waals surface area contributed by atoms with Crippen LogP contribution in [0.2, 0.25) is 0 Å². The monoisotopic (exact) mass is 372 g/mol. The second-order valence-electron chi connectivity index (χ2n) is 7.95. The topological polar surface area (TPSA) is 58.1 Å². The largest absolute Gasteiger partial charge is 0.367 e. The number of anilines is 1. The molecule has 2 aliphatic carbocycles. The van der Waals surface area contributed by atoms with E-state index in [0.717, 1.165) is 40.7 Å². The van der Waals surface area contributed by atoms with E-state index in [2.05, 4.69) is 57.7 Å². The van der Waals surface area contributed by atoms with Crippen LogP contribution in [0.1, 0.15) is 38.2 Å². The molecule has 28 heavy (non-hydrogen) atoms. The Kier molecular flexibility index (Phi) is 4.23. The molecule has 5 nitrogen and oxygen atoms in total. The van der Waals surface area contributed by atoms with E-state index >= 15 is 0 Å². The molecule has 2 fully saturated rings. The van der Waals surface area contributed by atoms with E-state index in [0.29, 0.717) is 18.6 Å². The molecule has 0 saturated heterocycles. The van der Waals surface area contributed by atoms with Crippen LogP contribution in [-0.4, -0.2) is 32.9 Å². The van der Waals surface area contributed by atoms with E-state index < -0.39 is 0 Å². The maximum Gasteiger partial charge on any atom is 0.219 e. The molecule has 0 unspecified atom stereocenters. The van der Waals surface area contributed by atoms with Crippen molar-refractivity contribution in [1.82, 2.24) is 14.9 Å². The minimum absolute atomic E-state index is 0.159.